The topological polar surface area (TPSA) is 142 Å². The number of aliphatic hydroxyl groups excluding tert-OH is 1. The second-order valence-corrected chi connectivity index (χ2v) is 6.67. The summed E-state index contributed by atoms with van der Waals surface area (Å²) in [4.78, 5) is 35.3. The lowest BCUT2D eigenvalue weighted by molar-refractivity contribution is -0.145. The molecule has 23 heavy (non-hydrogen) atoms. The molecule has 4 atom stereocenters. The molecule has 0 saturated carbocycles. The minimum Gasteiger partial charge on any atom is -0.480 e. The third-order valence-corrected chi connectivity index (χ3v) is 3.91. The molecule has 0 aromatic carbocycles. The largest absolute Gasteiger partial charge is 0.480 e. The summed E-state index contributed by atoms with van der Waals surface area (Å²) < 4.78 is 0. The van der Waals surface area contributed by atoms with Crippen LogP contribution in [0.5, 0.6) is 0 Å². The molecule has 0 rings (SSSR count). The zero-order chi connectivity index (χ0) is 18.2. The molecule has 0 aliphatic carbocycles. The number of nitrogens with one attached hydrogen (secondary N) is 2. The average Bonchev–Trinajstić information content (AvgIpc) is 2.45. The zero-order valence-corrected chi connectivity index (χ0v) is 14.7. The van der Waals surface area contributed by atoms with Crippen molar-refractivity contribution in [2.24, 2.45) is 11.7 Å². The smallest absolute Gasteiger partial charge is 0.328 e. The fourth-order valence-corrected chi connectivity index (χ4v) is 2.29. The van der Waals surface area contributed by atoms with Crippen LogP contribution < -0.4 is 16.4 Å². The summed E-state index contributed by atoms with van der Waals surface area (Å²) in [5, 5.41) is 23.2. The Bertz CT molecular complexity index is 417. The van der Waals surface area contributed by atoms with Gasteiger partial charge in [0.25, 0.3) is 0 Å². The van der Waals surface area contributed by atoms with Gasteiger partial charge in [-0.1, -0.05) is 13.8 Å². The quantitative estimate of drug-likeness (QED) is 0.346. The van der Waals surface area contributed by atoms with E-state index in [-0.39, 0.29) is 5.92 Å². The van der Waals surface area contributed by atoms with Crippen LogP contribution in [0, 0.1) is 5.92 Å². The molecule has 0 radical (unpaired) electrons. The predicted molar refractivity (Wildman–Crippen MR) is 89.0 cm³/mol. The molecular weight excluding hydrogens is 322 g/mol. The van der Waals surface area contributed by atoms with E-state index in [0.717, 1.165) is 5.75 Å². The number of carboxylic acid groups (broad SMARTS) is 1. The fraction of sp³-hybridized carbons (Fsp3) is 0.786. The molecule has 0 bridgehead atoms. The van der Waals surface area contributed by atoms with E-state index < -0.39 is 42.0 Å². The summed E-state index contributed by atoms with van der Waals surface area (Å²) in [7, 11) is 0. The van der Waals surface area contributed by atoms with Gasteiger partial charge in [-0.05, 0) is 31.3 Å². The van der Waals surface area contributed by atoms with Crippen LogP contribution in [0.1, 0.15) is 27.2 Å². The van der Waals surface area contributed by atoms with Crippen LogP contribution in [0.3, 0.4) is 0 Å². The van der Waals surface area contributed by atoms with Gasteiger partial charge in [0.2, 0.25) is 11.8 Å². The number of carboxylic acids is 1. The number of aliphatic carboxylic acids is 1. The first-order valence-corrected chi connectivity index (χ1v) is 8.77. The number of hydrogen-bond donors (Lipinski definition) is 5. The second-order valence-electron chi connectivity index (χ2n) is 5.68. The maximum absolute atomic E-state index is 12.2. The molecule has 0 aromatic heterocycles. The highest BCUT2D eigenvalue weighted by Crippen LogP contribution is 2.06. The second kappa shape index (κ2) is 10.5. The Morgan fingerprint density at radius 1 is 1.09 bits per heavy atom. The van der Waals surface area contributed by atoms with Gasteiger partial charge >= 0.3 is 5.97 Å². The Hall–Kier alpha value is -1.32. The first-order chi connectivity index (χ1) is 10.6. The van der Waals surface area contributed by atoms with Crippen LogP contribution in [0.2, 0.25) is 0 Å². The number of rotatable bonds is 10. The Balaban J connectivity index is 4.87. The van der Waals surface area contributed by atoms with Gasteiger partial charge in [-0.3, -0.25) is 9.59 Å². The third-order valence-electron chi connectivity index (χ3n) is 3.26. The van der Waals surface area contributed by atoms with Crippen LogP contribution in [0.15, 0.2) is 0 Å². The molecule has 8 nitrogen and oxygen atoms in total. The van der Waals surface area contributed by atoms with E-state index in [1.807, 2.05) is 6.26 Å². The molecule has 0 aliphatic rings. The van der Waals surface area contributed by atoms with E-state index in [2.05, 4.69) is 10.6 Å². The van der Waals surface area contributed by atoms with Gasteiger partial charge < -0.3 is 26.6 Å². The van der Waals surface area contributed by atoms with E-state index in [9.17, 15) is 19.5 Å². The van der Waals surface area contributed by atoms with E-state index in [1.165, 1.54) is 6.92 Å². The monoisotopic (exact) mass is 349 g/mol. The summed E-state index contributed by atoms with van der Waals surface area (Å²) in [5.41, 5.74) is 5.76. The number of amides is 2. The number of hydrogen-bond acceptors (Lipinski definition) is 6. The SMILES string of the molecule is CSCCC(N)C(=O)NC(C(=O)NC(C(=O)O)C(C)O)C(C)C. The molecule has 0 saturated heterocycles. The van der Waals surface area contributed by atoms with Crippen molar-refractivity contribution < 1.29 is 24.6 Å². The number of thioether (sulfide) groups is 1. The van der Waals surface area contributed by atoms with Crippen molar-refractivity contribution in [3.05, 3.63) is 0 Å². The van der Waals surface area contributed by atoms with Crippen LogP contribution in [-0.4, -0.2) is 64.2 Å². The fourth-order valence-electron chi connectivity index (χ4n) is 1.80. The van der Waals surface area contributed by atoms with E-state index in [1.54, 1.807) is 25.6 Å². The van der Waals surface area contributed by atoms with Crippen molar-refractivity contribution >= 4 is 29.5 Å². The summed E-state index contributed by atoms with van der Waals surface area (Å²) >= 11 is 1.56. The number of carbonyl (C=O) groups is 3. The van der Waals surface area contributed by atoms with Crippen molar-refractivity contribution in [2.45, 2.75) is 51.4 Å². The standard InChI is InChI=1S/C14H27N3O5S/c1-7(2)10(16-12(19)9(15)5-6-23-4)13(20)17-11(8(3)18)14(21)22/h7-11,18H,5-6,15H2,1-4H3,(H,16,19)(H,17,20)(H,21,22). The third kappa shape index (κ3) is 7.67. The Labute approximate surface area is 140 Å². The molecule has 4 unspecified atom stereocenters. The highest BCUT2D eigenvalue weighted by molar-refractivity contribution is 7.98. The summed E-state index contributed by atoms with van der Waals surface area (Å²) in [6.45, 7) is 4.70. The van der Waals surface area contributed by atoms with Gasteiger partial charge in [-0.25, -0.2) is 4.79 Å². The van der Waals surface area contributed by atoms with Crippen LogP contribution >= 0.6 is 11.8 Å². The van der Waals surface area contributed by atoms with Gasteiger partial charge in [-0.15, -0.1) is 0 Å². The van der Waals surface area contributed by atoms with Crippen LogP contribution in [0.4, 0.5) is 0 Å². The lowest BCUT2D eigenvalue weighted by Gasteiger charge is -2.26. The minimum absolute atomic E-state index is 0.268. The molecule has 6 N–H and O–H groups in total. The number of aliphatic hydroxyl groups is 1. The van der Waals surface area contributed by atoms with Crippen LogP contribution in [0.25, 0.3) is 0 Å². The molecule has 0 aliphatic heterocycles. The Morgan fingerprint density at radius 3 is 2.00 bits per heavy atom. The van der Waals surface area contributed by atoms with Crippen molar-refractivity contribution in [1.29, 1.82) is 0 Å². The van der Waals surface area contributed by atoms with Crippen molar-refractivity contribution in [3.63, 3.8) is 0 Å². The Kier molecular flexibility index (Phi) is 9.85. The zero-order valence-electron chi connectivity index (χ0n) is 13.9. The molecule has 9 heteroatoms. The van der Waals surface area contributed by atoms with Gasteiger partial charge in [0.15, 0.2) is 6.04 Å². The van der Waals surface area contributed by atoms with E-state index >= 15 is 0 Å². The lowest BCUT2D eigenvalue weighted by atomic mass is 10.0. The molecule has 0 spiro atoms. The summed E-state index contributed by atoms with van der Waals surface area (Å²) in [5.74, 6) is -2.03. The van der Waals surface area contributed by atoms with Crippen molar-refractivity contribution in [1.82, 2.24) is 10.6 Å². The predicted octanol–water partition coefficient (Wildman–Crippen LogP) is -0.842. The van der Waals surface area contributed by atoms with Crippen molar-refractivity contribution in [2.75, 3.05) is 12.0 Å². The van der Waals surface area contributed by atoms with E-state index in [0.29, 0.717) is 6.42 Å². The molecule has 134 valence electrons. The first kappa shape index (κ1) is 21.7. The van der Waals surface area contributed by atoms with Gasteiger partial charge in [-0.2, -0.15) is 11.8 Å². The average molecular weight is 349 g/mol. The minimum atomic E-state index is -1.44. The van der Waals surface area contributed by atoms with Gasteiger partial charge in [0, 0.05) is 0 Å². The highest BCUT2D eigenvalue weighted by Gasteiger charge is 2.31. The molecule has 0 fully saturated rings. The maximum atomic E-state index is 12.2. The van der Waals surface area contributed by atoms with Crippen molar-refractivity contribution in [3.8, 4) is 0 Å². The Morgan fingerprint density at radius 2 is 1.61 bits per heavy atom. The van der Waals surface area contributed by atoms with Crippen LogP contribution in [-0.2, 0) is 14.4 Å². The van der Waals surface area contributed by atoms with Gasteiger partial charge in [0.05, 0.1) is 12.1 Å². The highest BCUT2D eigenvalue weighted by atomic mass is 32.2. The molecular formula is C14H27N3O5S. The lowest BCUT2D eigenvalue weighted by Crippen LogP contribution is -2.58. The van der Waals surface area contributed by atoms with Gasteiger partial charge in [0.1, 0.15) is 6.04 Å². The number of nitrogens with two attached hydrogens (primary N) is 1. The maximum Gasteiger partial charge on any atom is 0.328 e. The number of carbonyl (C=O) groups excluding carboxylic acids is 2. The molecule has 0 heterocycles. The summed E-state index contributed by atoms with van der Waals surface area (Å²) in [6.07, 6.45) is 1.12. The summed E-state index contributed by atoms with van der Waals surface area (Å²) in [6, 6.07) is -3.10. The normalized spacial score (nSPS) is 16.3. The first-order valence-electron chi connectivity index (χ1n) is 7.37. The molecule has 0 aromatic rings. The van der Waals surface area contributed by atoms with E-state index in [4.69, 9.17) is 10.8 Å². The molecule has 2 amide bonds.